The zero-order valence-electron chi connectivity index (χ0n) is 9.60. The molecule has 16 heavy (non-hydrogen) atoms. The third-order valence-electron chi connectivity index (χ3n) is 2.03. The van der Waals surface area contributed by atoms with Crippen LogP contribution >= 0.6 is 0 Å². The normalized spacial score (nSPS) is 12.2. The van der Waals surface area contributed by atoms with Gasteiger partial charge in [-0.05, 0) is 19.8 Å². The van der Waals surface area contributed by atoms with Crippen molar-refractivity contribution in [3.63, 3.8) is 0 Å². The molecule has 0 spiro atoms. The van der Waals surface area contributed by atoms with E-state index in [-0.39, 0.29) is 12.1 Å². The minimum absolute atomic E-state index is 0.178. The number of aliphatic hydroxyl groups is 1. The van der Waals surface area contributed by atoms with Crippen LogP contribution < -0.4 is 15.8 Å². The molecule has 1 unspecified atom stereocenters. The Hall–Kier alpha value is -1.56. The molecule has 0 aliphatic rings. The van der Waals surface area contributed by atoms with Gasteiger partial charge in [-0.15, -0.1) is 0 Å². The van der Waals surface area contributed by atoms with Crippen molar-refractivity contribution in [1.82, 2.24) is 9.97 Å². The van der Waals surface area contributed by atoms with Crippen LogP contribution in [-0.2, 0) is 0 Å². The molecule has 6 nitrogen and oxygen atoms in total. The average molecular weight is 226 g/mol. The lowest BCUT2D eigenvalue weighted by Gasteiger charge is -2.08. The van der Waals surface area contributed by atoms with E-state index < -0.39 is 0 Å². The van der Waals surface area contributed by atoms with Crippen LogP contribution in [0.15, 0.2) is 6.07 Å². The van der Waals surface area contributed by atoms with Gasteiger partial charge in [0.25, 0.3) is 0 Å². The first kappa shape index (κ1) is 12.5. The average Bonchev–Trinajstić information content (AvgIpc) is 2.23. The molecule has 4 N–H and O–H groups in total. The van der Waals surface area contributed by atoms with Gasteiger partial charge >= 0.3 is 0 Å². The van der Waals surface area contributed by atoms with Crippen molar-refractivity contribution in [3.05, 3.63) is 6.07 Å². The number of nitrogens with zero attached hydrogens (tertiary/aromatic N) is 2. The van der Waals surface area contributed by atoms with E-state index in [1.807, 2.05) is 0 Å². The maximum Gasteiger partial charge on any atom is 0.225 e. The van der Waals surface area contributed by atoms with Crippen LogP contribution in [0.5, 0.6) is 5.88 Å². The molecule has 0 saturated carbocycles. The lowest BCUT2D eigenvalue weighted by atomic mass is 10.2. The van der Waals surface area contributed by atoms with Crippen LogP contribution in [0.2, 0.25) is 0 Å². The summed E-state index contributed by atoms with van der Waals surface area (Å²) < 4.78 is 4.97. The predicted octanol–water partition coefficient (Wildman–Crippen LogP) is 0.640. The molecule has 1 rings (SSSR count). The first-order chi connectivity index (χ1) is 7.61. The number of anilines is 2. The zero-order chi connectivity index (χ0) is 12.0. The fourth-order valence-electron chi connectivity index (χ4n) is 1.25. The Morgan fingerprint density at radius 3 is 2.94 bits per heavy atom. The number of hydrogen-bond donors (Lipinski definition) is 3. The molecule has 0 aliphatic heterocycles. The van der Waals surface area contributed by atoms with Crippen LogP contribution in [-0.4, -0.2) is 34.8 Å². The maximum atomic E-state index is 9.08. The molecule has 0 amide bonds. The Morgan fingerprint density at radius 2 is 2.31 bits per heavy atom. The number of rotatable bonds is 6. The highest BCUT2D eigenvalue weighted by Gasteiger charge is 2.02. The van der Waals surface area contributed by atoms with Crippen LogP contribution in [0, 0.1) is 0 Å². The van der Waals surface area contributed by atoms with Gasteiger partial charge in [-0.2, -0.15) is 9.97 Å². The van der Waals surface area contributed by atoms with Crippen LogP contribution in [0.4, 0.5) is 11.8 Å². The van der Waals surface area contributed by atoms with Gasteiger partial charge in [-0.1, -0.05) is 0 Å². The zero-order valence-corrected chi connectivity index (χ0v) is 9.60. The summed E-state index contributed by atoms with van der Waals surface area (Å²) in [6.45, 7) is 2.50. The van der Waals surface area contributed by atoms with Crippen LogP contribution in [0.3, 0.4) is 0 Å². The van der Waals surface area contributed by atoms with Crippen molar-refractivity contribution >= 4 is 11.8 Å². The molecular formula is C10H18N4O2. The van der Waals surface area contributed by atoms with Crippen molar-refractivity contribution in [2.24, 2.45) is 0 Å². The Bertz CT molecular complexity index is 331. The lowest BCUT2D eigenvalue weighted by Crippen LogP contribution is -2.09. The van der Waals surface area contributed by atoms with Crippen molar-refractivity contribution in [3.8, 4) is 5.88 Å². The van der Waals surface area contributed by atoms with Gasteiger partial charge in [0.1, 0.15) is 5.82 Å². The van der Waals surface area contributed by atoms with Gasteiger partial charge in [0, 0.05) is 12.6 Å². The molecule has 6 heteroatoms. The minimum Gasteiger partial charge on any atom is -0.481 e. The first-order valence-electron chi connectivity index (χ1n) is 5.22. The Morgan fingerprint density at radius 1 is 1.56 bits per heavy atom. The summed E-state index contributed by atoms with van der Waals surface area (Å²) in [4.78, 5) is 7.88. The summed E-state index contributed by atoms with van der Waals surface area (Å²) in [5.41, 5.74) is 5.51. The van der Waals surface area contributed by atoms with Gasteiger partial charge < -0.3 is 20.9 Å². The molecule has 90 valence electrons. The van der Waals surface area contributed by atoms with Crippen molar-refractivity contribution in [2.45, 2.75) is 25.9 Å². The molecule has 0 fully saturated rings. The molecular weight excluding hydrogens is 208 g/mol. The largest absolute Gasteiger partial charge is 0.481 e. The first-order valence-corrected chi connectivity index (χ1v) is 5.22. The molecule has 0 bridgehead atoms. The van der Waals surface area contributed by atoms with E-state index in [4.69, 9.17) is 15.6 Å². The topological polar surface area (TPSA) is 93.3 Å². The van der Waals surface area contributed by atoms with E-state index in [9.17, 15) is 0 Å². The lowest BCUT2D eigenvalue weighted by molar-refractivity contribution is 0.183. The summed E-state index contributed by atoms with van der Waals surface area (Å²) in [7, 11) is 1.53. The fourth-order valence-corrected chi connectivity index (χ4v) is 1.25. The second kappa shape index (κ2) is 6.12. The molecule has 0 radical (unpaired) electrons. The molecule has 0 saturated heterocycles. The number of nitrogens with two attached hydrogens (primary N) is 1. The molecule has 0 aromatic carbocycles. The number of aromatic nitrogens is 2. The van der Waals surface area contributed by atoms with E-state index in [0.717, 1.165) is 19.4 Å². The summed E-state index contributed by atoms with van der Waals surface area (Å²) in [5, 5.41) is 12.2. The van der Waals surface area contributed by atoms with E-state index in [1.54, 1.807) is 13.0 Å². The number of aliphatic hydroxyl groups excluding tert-OH is 1. The van der Waals surface area contributed by atoms with Gasteiger partial charge in [0.15, 0.2) is 0 Å². The second-order valence-corrected chi connectivity index (χ2v) is 3.57. The highest BCUT2D eigenvalue weighted by atomic mass is 16.5. The molecule has 1 aromatic rings. The van der Waals surface area contributed by atoms with Crippen molar-refractivity contribution in [1.29, 1.82) is 0 Å². The van der Waals surface area contributed by atoms with E-state index in [0.29, 0.717) is 11.7 Å². The molecule has 1 heterocycles. The third-order valence-corrected chi connectivity index (χ3v) is 2.03. The second-order valence-electron chi connectivity index (χ2n) is 3.57. The van der Waals surface area contributed by atoms with Crippen molar-refractivity contribution in [2.75, 3.05) is 24.7 Å². The van der Waals surface area contributed by atoms with Gasteiger partial charge in [0.05, 0.1) is 13.2 Å². The Kier molecular flexibility index (Phi) is 4.78. The SMILES string of the molecule is COc1cc(NCCCC(C)O)nc(N)n1. The fraction of sp³-hybridized carbons (Fsp3) is 0.600. The Labute approximate surface area is 94.9 Å². The molecule has 1 aromatic heterocycles. The Balaban J connectivity index is 2.44. The number of nitrogen functional groups attached to an aromatic ring is 1. The minimum atomic E-state index is -0.271. The highest BCUT2D eigenvalue weighted by molar-refractivity contribution is 5.42. The summed E-state index contributed by atoms with van der Waals surface area (Å²) >= 11 is 0. The molecule has 0 aliphatic carbocycles. The van der Waals surface area contributed by atoms with E-state index in [2.05, 4.69) is 15.3 Å². The van der Waals surface area contributed by atoms with Gasteiger partial charge in [-0.3, -0.25) is 0 Å². The third kappa shape index (κ3) is 4.31. The maximum absolute atomic E-state index is 9.08. The van der Waals surface area contributed by atoms with Gasteiger partial charge in [-0.25, -0.2) is 0 Å². The smallest absolute Gasteiger partial charge is 0.225 e. The van der Waals surface area contributed by atoms with Crippen molar-refractivity contribution < 1.29 is 9.84 Å². The number of methoxy groups -OCH3 is 1. The number of hydrogen-bond acceptors (Lipinski definition) is 6. The monoisotopic (exact) mass is 226 g/mol. The van der Waals surface area contributed by atoms with Crippen LogP contribution in [0.1, 0.15) is 19.8 Å². The summed E-state index contributed by atoms with van der Waals surface area (Å²) in [5.74, 6) is 1.25. The highest BCUT2D eigenvalue weighted by Crippen LogP contribution is 2.13. The van der Waals surface area contributed by atoms with Crippen LogP contribution in [0.25, 0.3) is 0 Å². The number of nitrogens with one attached hydrogen (secondary N) is 1. The van der Waals surface area contributed by atoms with E-state index in [1.165, 1.54) is 7.11 Å². The summed E-state index contributed by atoms with van der Waals surface area (Å²) in [6, 6.07) is 1.68. The van der Waals surface area contributed by atoms with E-state index >= 15 is 0 Å². The number of ether oxygens (including phenoxy) is 1. The predicted molar refractivity (Wildman–Crippen MR) is 62.4 cm³/mol. The quantitative estimate of drug-likeness (QED) is 0.616. The standard InChI is InChI=1S/C10H18N4O2/c1-7(15)4-3-5-12-8-6-9(16-2)14-10(11)13-8/h6-7,15H,3-5H2,1-2H3,(H3,11,12,13,14). The van der Waals surface area contributed by atoms with Gasteiger partial charge in [0.2, 0.25) is 11.8 Å². The summed E-state index contributed by atoms with van der Waals surface area (Å²) in [6.07, 6.45) is 1.35. The molecule has 1 atom stereocenters.